The SMILES string of the molecule is CCO[Si](C)(OCC)OC1CCO1. The van der Waals surface area contributed by atoms with Gasteiger partial charge < -0.3 is 18.0 Å². The van der Waals surface area contributed by atoms with Gasteiger partial charge in [0, 0.05) is 26.2 Å². The molecule has 1 unspecified atom stereocenters. The first-order valence-electron chi connectivity index (χ1n) is 4.77. The van der Waals surface area contributed by atoms with Gasteiger partial charge in [-0.15, -0.1) is 0 Å². The fourth-order valence-corrected chi connectivity index (χ4v) is 3.11. The van der Waals surface area contributed by atoms with Gasteiger partial charge in [-0.3, -0.25) is 0 Å². The van der Waals surface area contributed by atoms with Crippen molar-refractivity contribution in [1.29, 1.82) is 0 Å². The maximum absolute atomic E-state index is 5.63. The van der Waals surface area contributed by atoms with Crippen LogP contribution in [-0.4, -0.2) is 34.9 Å². The van der Waals surface area contributed by atoms with E-state index in [0.29, 0.717) is 13.2 Å². The lowest BCUT2D eigenvalue weighted by molar-refractivity contribution is -0.190. The smallest absolute Gasteiger partial charge is 0.374 e. The van der Waals surface area contributed by atoms with Crippen molar-refractivity contribution in [2.75, 3.05) is 19.8 Å². The van der Waals surface area contributed by atoms with E-state index in [1.54, 1.807) is 0 Å². The third kappa shape index (κ3) is 3.36. The second-order valence-corrected chi connectivity index (χ2v) is 5.47. The van der Waals surface area contributed by atoms with E-state index in [1.807, 2.05) is 20.4 Å². The zero-order chi connectivity index (χ0) is 9.73. The Morgan fingerprint density at radius 2 is 1.85 bits per heavy atom. The van der Waals surface area contributed by atoms with Crippen LogP contribution in [0.4, 0.5) is 0 Å². The molecule has 1 rings (SSSR count). The van der Waals surface area contributed by atoms with Gasteiger partial charge in [0.25, 0.3) is 0 Å². The summed E-state index contributed by atoms with van der Waals surface area (Å²) >= 11 is 0. The molecule has 0 aromatic rings. The van der Waals surface area contributed by atoms with Crippen LogP contribution in [0.1, 0.15) is 20.3 Å². The first-order chi connectivity index (χ1) is 6.20. The van der Waals surface area contributed by atoms with Crippen molar-refractivity contribution in [3.05, 3.63) is 0 Å². The van der Waals surface area contributed by atoms with Gasteiger partial charge in [0.15, 0.2) is 6.29 Å². The second kappa shape index (κ2) is 5.07. The standard InChI is InChI=1S/C8H18O4Si/c1-4-10-13(3,11-5-2)12-8-6-7-9-8/h8H,4-7H2,1-3H3. The van der Waals surface area contributed by atoms with E-state index in [4.69, 9.17) is 18.0 Å². The molecule has 0 bridgehead atoms. The molecule has 5 heteroatoms. The summed E-state index contributed by atoms with van der Waals surface area (Å²) in [4.78, 5) is 0. The third-order valence-electron chi connectivity index (χ3n) is 1.82. The summed E-state index contributed by atoms with van der Waals surface area (Å²) in [6.07, 6.45) is 0.845. The molecule has 1 aliphatic heterocycles. The Morgan fingerprint density at radius 1 is 1.31 bits per heavy atom. The molecule has 0 aromatic heterocycles. The molecule has 0 aliphatic carbocycles. The Bertz CT molecular complexity index is 143. The van der Waals surface area contributed by atoms with Gasteiger partial charge in [0.1, 0.15) is 0 Å². The summed E-state index contributed by atoms with van der Waals surface area (Å²) in [6, 6.07) is 0. The fraction of sp³-hybridized carbons (Fsp3) is 1.00. The molecule has 1 fully saturated rings. The van der Waals surface area contributed by atoms with Crippen LogP contribution in [0.25, 0.3) is 0 Å². The minimum Gasteiger partial charge on any atom is -0.374 e. The molecule has 1 aliphatic rings. The van der Waals surface area contributed by atoms with Gasteiger partial charge in [-0.25, -0.2) is 0 Å². The number of rotatable bonds is 6. The first kappa shape index (κ1) is 11.1. The van der Waals surface area contributed by atoms with Gasteiger partial charge in [-0.2, -0.15) is 0 Å². The predicted molar refractivity (Wildman–Crippen MR) is 50.3 cm³/mol. The van der Waals surface area contributed by atoms with Crippen molar-refractivity contribution in [2.45, 2.75) is 33.1 Å². The number of hydrogen-bond donors (Lipinski definition) is 0. The average Bonchev–Trinajstić information content (AvgIpc) is 1.98. The highest BCUT2D eigenvalue weighted by atomic mass is 28.4. The quantitative estimate of drug-likeness (QED) is 0.615. The lowest BCUT2D eigenvalue weighted by atomic mass is 10.4. The summed E-state index contributed by atoms with van der Waals surface area (Å²) in [5.41, 5.74) is 0. The molecule has 0 saturated carbocycles. The van der Waals surface area contributed by atoms with Gasteiger partial charge in [-0.05, 0) is 13.8 Å². The molecule has 13 heavy (non-hydrogen) atoms. The van der Waals surface area contributed by atoms with E-state index < -0.39 is 8.80 Å². The molecule has 1 atom stereocenters. The topological polar surface area (TPSA) is 36.9 Å². The Balaban J connectivity index is 2.34. The highest BCUT2D eigenvalue weighted by Crippen LogP contribution is 2.20. The fourth-order valence-electron chi connectivity index (χ4n) is 1.18. The summed E-state index contributed by atoms with van der Waals surface area (Å²) < 4.78 is 21.8. The van der Waals surface area contributed by atoms with Gasteiger partial charge in [0.05, 0.1) is 6.61 Å². The molecule has 0 spiro atoms. The van der Waals surface area contributed by atoms with Crippen molar-refractivity contribution < 1.29 is 18.0 Å². The van der Waals surface area contributed by atoms with E-state index in [9.17, 15) is 0 Å². The van der Waals surface area contributed by atoms with Crippen LogP contribution in [0.3, 0.4) is 0 Å². The highest BCUT2D eigenvalue weighted by Gasteiger charge is 2.39. The minimum atomic E-state index is -2.41. The van der Waals surface area contributed by atoms with Crippen LogP contribution in [0, 0.1) is 0 Å². The lowest BCUT2D eigenvalue weighted by Gasteiger charge is -2.34. The molecular weight excluding hydrogens is 188 g/mol. The summed E-state index contributed by atoms with van der Waals surface area (Å²) in [5, 5.41) is 0. The van der Waals surface area contributed by atoms with Crippen molar-refractivity contribution in [3.8, 4) is 0 Å². The maximum atomic E-state index is 5.63. The second-order valence-electron chi connectivity index (χ2n) is 2.94. The van der Waals surface area contributed by atoms with E-state index >= 15 is 0 Å². The molecule has 1 heterocycles. The molecule has 0 aromatic carbocycles. The molecule has 0 radical (unpaired) electrons. The predicted octanol–water partition coefficient (Wildman–Crippen LogP) is 1.39. The monoisotopic (exact) mass is 206 g/mol. The summed E-state index contributed by atoms with van der Waals surface area (Å²) in [7, 11) is -2.41. The van der Waals surface area contributed by atoms with E-state index in [-0.39, 0.29) is 6.29 Å². The van der Waals surface area contributed by atoms with Gasteiger partial charge in [0.2, 0.25) is 0 Å². The normalized spacial score (nSPS) is 22.8. The van der Waals surface area contributed by atoms with Crippen molar-refractivity contribution in [3.63, 3.8) is 0 Å². The first-order valence-corrected chi connectivity index (χ1v) is 7.00. The van der Waals surface area contributed by atoms with Crippen LogP contribution in [0.5, 0.6) is 0 Å². The number of hydrogen-bond acceptors (Lipinski definition) is 4. The van der Waals surface area contributed by atoms with Crippen LogP contribution < -0.4 is 0 Å². The van der Waals surface area contributed by atoms with Crippen LogP contribution in [-0.2, 0) is 18.0 Å². The minimum absolute atomic E-state index is 0.102. The van der Waals surface area contributed by atoms with Crippen LogP contribution >= 0.6 is 0 Å². The molecule has 1 saturated heterocycles. The third-order valence-corrected chi connectivity index (χ3v) is 4.13. The summed E-state index contributed by atoms with van der Waals surface area (Å²) in [6.45, 7) is 7.81. The van der Waals surface area contributed by atoms with Crippen molar-refractivity contribution >= 4 is 8.80 Å². The summed E-state index contributed by atoms with van der Waals surface area (Å²) in [5.74, 6) is 0. The molecular formula is C8H18O4Si. The average molecular weight is 206 g/mol. The van der Waals surface area contributed by atoms with Gasteiger partial charge >= 0.3 is 8.80 Å². The van der Waals surface area contributed by atoms with Crippen LogP contribution in [0.2, 0.25) is 6.55 Å². The maximum Gasteiger partial charge on any atom is 0.499 e. The Morgan fingerprint density at radius 3 is 2.15 bits per heavy atom. The van der Waals surface area contributed by atoms with Crippen molar-refractivity contribution in [2.24, 2.45) is 0 Å². The largest absolute Gasteiger partial charge is 0.499 e. The zero-order valence-electron chi connectivity index (χ0n) is 8.54. The molecule has 78 valence electrons. The molecule has 0 N–H and O–H groups in total. The Labute approximate surface area is 80.5 Å². The van der Waals surface area contributed by atoms with E-state index in [0.717, 1.165) is 13.0 Å². The van der Waals surface area contributed by atoms with E-state index in [2.05, 4.69) is 0 Å². The molecule has 0 amide bonds. The zero-order valence-corrected chi connectivity index (χ0v) is 9.54. The highest BCUT2D eigenvalue weighted by molar-refractivity contribution is 6.59. The number of ether oxygens (including phenoxy) is 1. The van der Waals surface area contributed by atoms with Crippen LogP contribution in [0.15, 0.2) is 0 Å². The Kier molecular flexibility index (Phi) is 4.34. The molecule has 4 nitrogen and oxygen atoms in total. The van der Waals surface area contributed by atoms with Gasteiger partial charge in [-0.1, -0.05) is 0 Å². The van der Waals surface area contributed by atoms with E-state index in [1.165, 1.54) is 0 Å². The lowest BCUT2D eigenvalue weighted by Crippen LogP contribution is -2.48. The Hall–Kier alpha value is 0.0569. The van der Waals surface area contributed by atoms with Crippen molar-refractivity contribution in [1.82, 2.24) is 0 Å².